The van der Waals surface area contributed by atoms with Gasteiger partial charge in [0.2, 0.25) is 0 Å². The molecule has 0 aliphatic heterocycles. The molecule has 1 N–H and O–H groups in total. The number of aromatic nitrogens is 7. The Morgan fingerprint density at radius 2 is 1.92 bits per heavy atom. The lowest BCUT2D eigenvalue weighted by Crippen LogP contribution is -2.22. The van der Waals surface area contributed by atoms with Crippen molar-refractivity contribution < 1.29 is 4.79 Å². The van der Waals surface area contributed by atoms with Gasteiger partial charge in [0.15, 0.2) is 5.78 Å². The van der Waals surface area contributed by atoms with E-state index in [1.807, 2.05) is 30.3 Å². The van der Waals surface area contributed by atoms with E-state index in [0.29, 0.717) is 12.0 Å². The van der Waals surface area contributed by atoms with E-state index in [4.69, 9.17) is 0 Å². The third kappa shape index (κ3) is 4.55. The summed E-state index contributed by atoms with van der Waals surface area (Å²) in [7, 11) is 1.91. The Hall–Kier alpha value is -4.07. The van der Waals surface area contributed by atoms with E-state index in [2.05, 4.69) is 70.2 Å². The summed E-state index contributed by atoms with van der Waals surface area (Å²) in [6, 6.07) is 8.74. The number of carbonyl (C=O) groups excluding carboxylic acids is 1. The Morgan fingerprint density at radius 1 is 1.05 bits per heavy atom. The van der Waals surface area contributed by atoms with E-state index < -0.39 is 0 Å². The summed E-state index contributed by atoms with van der Waals surface area (Å²) in [5.41, 5.74) is 7.94. The molecule has 0 saturated carbocycles. The monoisotopic (exact) mass is 507 g/mol. The quantitative estimate of drug-likeness (QED) is 0.230. The van der Waals surface area contributed by atoms with Crippen LogP contribution in [0.4, 0.5) is 0 Å². The normalized spacial score (nSPS) is 15.9. The summed E-state index contributed by atoms with van der Waals surface area (Å²) in [4.78, 5) is 25.8. The van der Waals surface area contributed by atoms with Gasteiger partial charge in [0.25, 0.3) is 0 Å². The molecule has 1 unspecified atom stereocenters. The first-order chi connectivity index (χ1) is 18.3. The molecule has 5 aromatic rings. The summed E-state index contributed by atoms with van der Waals surface area (Å²) >= 11 is 0. The molecular formula is C30H33N7O. The van der Waals surface area contributed by atoms with Crippen molar-refractivity contribution in [3.05, 3.63) is 72.1 Å². The predicted octanol–water partition coefficient (Wildman–Crippen LogP) is 6.06. The highest BCUT2D eigenvalue weighted by molar-refractivity contribution is 5.96. The number of nitrogens with one attached hydrogen (secondary N) is 1. The maximum absolute atomic E-state index is 13.3. The first-order valence-corrected chi connectivity index (χ1v) is 13.3. The average Bonchev–Trinajstić information content (AvgIpc) is 3.62. The van der Waals surface area contributed by atoms with Crippen LogP contribution in [0, 0.1) is 0 Å². The lowest BCUT2D eigenvalue weighted by Gasteiger charge is -2.19. The van der Waals surface area contributed by atoms with Crippen molar-refractivity contribution in [2.45, 2.75) is 64.3 Å². The van der Waals surface area contributed by atoms with Gasteiger partial charge in [-0.15, -0.1) is 0 Å². The minimum Gasteiger partial charge on any atom is -0.339 e. The van der Waals surface area contributed by atoms with Gasteiger partial charge in [0, 0.05) is 42.4 Å². The number of nitrogens with zero attached hydrogens (tertiary/aromatic N) is 6. The van der Waals surface area contributed by atoms with Crippen molar-refractivity contribution in [1.82, 2.24) is 34.5 Å². The zero-order valence-electron chi connectivity index (χ0n) is 22.4. The number of aryl methyl sites for hydroxylation is 2. The summed E-state index contributed by atoms with van der Waals surface area (Å²) in [6.07, 6.45) is 13.8. The number of Topliss-reactive ketones (excluding diaryl/α,β-unsaturated/α-hetero) is 1. The number of benzene rings is 1. The molecule has 0 bridgehead atoms. The van der Waals surface area contributed by atoms with Gasteiger partial charge in [-0.1, -0.05) is 18.6 Å². The summed E-state index contributed by atoms with van der Waals surface area (Å²) < 4.78 is 3.66. The van der Waals surface area contributed by atoms with Crippen LogP contribution in [0.2, 0.25) is 0 Å². The van der Waals surface area contributed by atoms with Crippen molar-refractivity contribution in [1.29, 1.82) is 0 Å². The number of hydrogen-bond acceptors (Lipinski definition) is 5. The second kappa shape index (κ2) is 9.35. The highest BCUT2D eigenvalue weighted by Gasteiger charge is 2.25. The lowest BCUT2D eigenvalue weighted by atomic mass is 9.86. The van der Waals surface area contributed by atoms with Crippen molar-refractivity contribution in [2.75, 3.05) is 0 Å². The molecule has 8 nitrogen and oxygen atoms in total. The molecular weight excluding hydrogens is 474 g/mol. The van der Waals surface area contributed by atoms with Crippen LogP contribution in [0.25, 0.3) is 33.5 Å². The van der Waals surface area contributed by atoms with Crippen LogP contribution in [0.5, 0.6) is 0 Å². The number of hydrogen-bond donors (Lipinski definition) is 1. The van der Waals surface area contributed by atoms with Crippen LogP contribution >= 0.6 is 0 Å². The first-order valence-electron chi connectivity index (χ1n) is 13.3. The van der Waals surface area contributed by atoms with Crippen molar-refractivity contribution in [2.24, 2.45) is 7.05 Å². The van der Waals surface area contributed by atoms with E-state index in [9.17, 15) is 4.79 Å². The molecule has 0 radical (unpaired) electrons. The first kappa shape index (κ1) is 24.3. The number of carbonyl (C=O) groups is 1. The van der Waals surface area contributed by atoms with Gasteiger partial charge in [0.1, 0.15) is 12.0 Å². The Balaban J connectivity index is 1.31. The van der Waals surface area contributed by atoms with Crippen molar-refractivity contribution in [3.8, 4) is 22.5 Å². The van der Waals surface area contributed by atoms with E-state index in [0.717, 1.165) is 59.2 Å². The number of aromatic amines is 1. The van der Waals surface area contributed by atoms with Gasteiger partial charge in [-0.2, -0.15) is 10.2 Å². The second-order valence-corrected chi connectivity index (χ2v) is 11.4. The second-order valence-electron chi connectivity index (χ2n) is 11.4. The van der Waals surface area contributed by atoms with Crippen molar-refractivity contribution >= 4 is 16.8 Å². The minimum atomic E-state index is -0.144. The molecule has 0 saturated heterocycles. The van der Waals surface area contributed by atoms with E-state index >= 15 is 0 Å². The molecule has 4 heterocycles. The van der Waals surface area contributed by atoms with Crippen LogP contribution in [0.1, 0.15) is 73.9 Å². The van der Waals surface area contributed by atoms with Crippen molar-refractivity contribution in [3.63, 3.8) is 0 Å². The third-order valence-corrected chi connectivity index (χ3v) is 7.57. The number of fused-ring (bicyclic) bond motifs is 2. The number of ketones is 1. The zero-order valence-corrected chi connectivity index (χ0v) is 22.4. The summed E-state index contributed by atoms with van der Waals surface area (Å²) in [5, 5.41) is 9.71. The summed E-state index contributed by atoms with van der Waals surface area (Å²) in [5.74, 6) is 0.372. The molecule has 1 atom stereocenters. The van der Waals surface area contributed by atoms with Crippen LogP contribution < -0.4 is 0 Å². The maximum Gasteiger partial charge on any atom is 0.166 e. The third-order valence-electron chi connectivity index (χ3n) is 7.57. The molecule has 38 heavy (non-hydrogen) atoms. The molecule has 0 spiro atoms. The van der Waals surface area contributed by atoms with Gasteiger partial charge >= 0.3 is 0 Å². The molecule has 4 aromatic heterocycles. The molecule has 1 aromatic carbocycles. The topological polar surface area (TPSA) is 94.3 Å². The lowest BCUT2D eigenvalue weighted by molar-refractivity contribution is 0.0972. The molecule has 1 aliphatic rings. The van der Waals surface area contributed by atoms with Gasteiger partial charge in [-0.25, -0.2) is 9.97 Å². The smallest absolute Gasteiger partial charge is 0.166 e. The maximum atomic E-state index is 13.3. The fourth-order valence-electron chi connectivity index (χ4n) is 5.50. The molecule has 0 fully saturated rings. The Labute approximate surface area is 222 Å². The Bertz CT molecular complexity index is 1630. The van der Waals surface area contributed by atoms with Crippen LogP contribution in [-0.2, 0) is 19.0 Å². The van der Waals surface area contributed by atoms with E-state index in [1.165, 1.54) is 11.1 Å². The van der Waals surface area contributed by atoms with E-state index in [1.54, 1.807) is 17.2 Å². The Morgan fingerprint density at radius 3 is 2.68 bits per heavy atom. The fourth-order valence-corrected chi connectivity index (χ4v) is 5.50. The van der Waals surface area contributed by atoms with Crippen LogP contribution in [0.15, 0.2) is 55.4 Å². The highest BCUT2D eigenvalue weighted by atomic mass is 16.1. The van der Waals surface area contributed by atoms with E-state index in [-0.39, 0.29) is 17.2 Å². The molecule has 194 valence electrons. The molecule has 0 amide bonds. The molecule has 8 heteroatoms. The highest BCUT2D eigenvalue weighted by Crippen LogP contribution is 2.37. The number of rotatable bonds is 5. The standard InChI is InChI=1S/C30H33N7O/c1-30(2,3)37-17-23(15-34-37)27(38)12-20-8-6-5-7-19-11-21(9-10-24(19)20)28-25-13-26(22-14-33-36(4)16-22)35-29(25)32-18-31-28/h9-11,13-18,20H,5-8,12H2,1-4H3,(H,31,32,35). The SMILES string of the molecule is Cn1cc(-c2cc3c(-c4ccc5c(c4)CCCCC5CC(=O)c4cnn(C(C)(C)C)c4)ncnc3[nH]2)cn1. The average molecular weight is 508 g/mol. The van der Waals surface area contributed by atoms with Gasteiger partial charge in [-0.05, 0) is 69.2 Å². The molecule has 6 rings (SSSR count). The molecule has 1 aliphatic carbocycles. The van der Waals surface area contributed by atoms with Gasteiger partial charge < -0.3 is 4.98 Å². The predicted molar refractivity (Wildman–Crippen MR) is 148 cm³/mol. The zero-order chi connectivity index (χ0) is 26.4. The van der Waals surface area contributed by atoms with Crippen LogP contribution in [-0.4, -0.2) is 40.3 Å². The Kier molecular flexibility index (Phi) is 5.97. The van der Waals surface area contributed by atoms with Gasteiger partial charge in [-0.3, -0.25) is 14.2 Å². The summed E-state index contributed by atoms with van der Waals surface area (Å²) in [6.45, 7) is 6.27. The fraction of sp³-hybridized carbons (Fsp3) is 0.367. The largest absolute Gasteiger partial charge is 0.339 e. The number of H-pyrrole nitrogens is 1. The van der Waals surface area contributed by atoms with Gasteiger partial charge in [0.05, 0.1) is 34.9 Å². The minimum absolute atomic E-state index is 0.144. The van der Waals surface area contributed by atoms with Crippen LogP contribution in [0.3, 0.4) is 0 Å².